The van der Waals surface area contributed by atoms with E-state index in [2.05, 4.69) is 17.0 Å². The van der Waals surface area contributed by atoms with Crippen LogP contribution in [-0.4, -0.2) is 34.6 Å². The van der Waals surface area contributed by atoms with Crippen molar-refractivity contribution in [2.24, 2.45) is 5.73 Å². The molecule has 4 heteroatoms. The van der Waals surface area contributed by atoms with Crippen molar-refractivity contribution in [3.8, 4) is 0 Å². The van der Waals surface area contributed by atoms with Crippen LogP contribution < -0.4 is 5.73 Å². The molecule has 0 unspecified atom stereocenters. The molecule has 0 aliphatic carbocycles. The van der Waals surface area contributed by atoms with E-state index in [1.807, 2.05) is 18.2 Å². The van der Waals surface area contributed by atoms with E-state index in [0.29, 0.717) is 6.54 Å². The maximum absolute atomic E-state index is 10.8. The number of carbonyl (C=O) groups is 1. The van der Waals surface area contributed by atoms with Crippen molar-refractivity contribution in [1.29, 1.82) is 0 Å². The molecule has 1 heterocycles. The van der Waals surface area contributed by atoms with Crippen molar-refractivity contribution in [2.75, 3.05) is 13.1 Å². The Morgan fingerprint density at radius 2 is 2.11 bits per heavy atom. The van der Waals surface area contributed by atoms with Crippen LogP contribution in [0.5, 0.6) is 0 Å². The van der Waals surface area contributed by atoms with Crippen molar-refractivity contribution in [3.63, 3.8) is 0 Å². The summed E-state index contributed by atoms with van der Waals surface area (Å²) in [6.45, 7) is 2.50. The number of hydrogen-bond donors (Lipinski definition) is 2. The van der Waals surface area contributed by atoms with E-state index in [1.54, 1.807) is 0 Å². The van der Waals surface area contributed by atoms with Crippen LogP contribution in [0.1, 0.15) is 24.8 Å². The lowest BCUT2D eigenvalue weighted by Crippen LogP contribution is -2.54. The highest BCUT2D eigenvalue weighted by Gasteiger charge is 2.33. The molecular formula is C14H20N2O2. The number of aliphatic carboxylic acids is 1. The number of carboxylic acid groups (broad SMARTS) is 1. The molecule has 1 aliphatic heterocycles. The predicted molar refractivity (Wildman–Crippen MR) is 70.1 cm³/mol. The predicted octanol–water partition coefficient (Wildman–Crippen LogP) is 1.45. The summed E-state index contributed by atoms with van der Waals surface area (Å²) in [5, 5.41) is 8.91. The summed E-state index contributed by atoms with van der Waals surface area (Å²) >= 11 is 0. The maximum Gasteiger partial charge on any atom is 0.305 e. The zero-order valence-electron chi connectivity index (χ0n) is 10.5. The van der Waals surface area contributed by atoms with E-state index < -0.39 is 11.5 Å². The molecule has 1 aliphatic rings. The number of nitrogens with two attached hydrogens (primary N) is 1. The number of likely N-dealkylation sites (tertiary alicyclic amines) is 1. The average Bonchev–Trinajstić information content (AvgIpc) is 2.28. The Hall–Kier alpha value is -1.39. The second-order valence-corrected chi connectivity index (χ2v) is 5.23. The Morgan fingerprint density at radius 1 is 1.39 bits per heavy atom. The molecule has 18 heavy (non-hydrogen) atoms. The molecule has 0 spiro atoms. The standard InChI is InChI=1S/C14H20N2O2/c15-14(9-13(17)18)7-4-8-16(11-14)10-12-5-2-1-3-6-12/h1-3,5-6H,4,7-11,15H2,(H,17,18)/t14-/m1/s1. The summed E-state index contributed by atoms with van der Waals surface area (Å²) in [4.78, 5) is 13.1. The molecule has 2 rings (SSSR count). The van der Waals surface area contributed by atoms with E-state index in [4.69, 9.17) is 10.8 Å². The van der Waals surface area contributed by atoms with E-state index in [9.17, 15) is 4.79 Å². The Balaban J connectivity index is 1.96. The first-order valence-electron chi connectivity index (χ1n) is 6.34. The van der Waals surface area contributed by atoms with Crippen LogP contribution in [0.2, 0.25) is 0 Å². The SMILES string of the molecule is N[C@@]1(CC(=O)O)CCCN(Cc2ccccc2)C1. The number of hydrogen-bond acceptors (Lipinski definition) is 3. The number of carboxylic acids is 1. The fourth-order valence-electron chi connectivity index (χ4n) is 2.68. The van der Waals surface area contributed by atoms with Crippen LogP contribution in [0.25, 0.3) is 0 Å². The second-order valence-electron chi connectivity index (χ2n) is 5.23. The largest absolute Gasteiger partial charge is 0.481 e. The molecule has 1 atom stereocenters. The molecule has 1 fully saturated rings. The Labute approximate surface area is 107 Å². The van der Waals surface area contributed by atoms with Crippen LogP contribution in [0.4, 0.5) is 0 Å². The minimum atomic E-state index is -0.806. The molecule has 3 N–H and O–H groups in total. The quantitative estimate of drug-likeness (QED) is 0.846. The van der Waals surface area contributed by atoms with Gasteiger partial charge in [-0.3, -0.25) is 9.69 Å². The molecule has 1 aromatic carbocycles. The Bertz CT molecular complexity index is 408. The number of piperidine rings is 1. The molecule has 4 nitrogen and oxygen atoms in total. The van der Waals surface area contributed by atoms with E-state index >= 15 is 0 Å². The molecule has 1 saturated heterocycles. The van der Waals surface area contributed by atoms with Crippen LogP contribution in [0.15, 0.2) is 30.3 Å². The molecular weight excluding hydrogens is 228 g/mol. The third kappa shape index (κ3) is 3.55. The van der Waals surface area contributed by atoms with Gasteiger partial charge >= 0.3 is 5.97 Å². The molecule has 98 valence electrons. The molecule has 0 bridgehead atoms. The molecule has 0 saturated carbocycles. The Kier molecular flexibility index (Phi) is 3.99. The smallest absolute Gasteiger partial charge is 0.305 e. The number of benzene rings is 1. The lowest BCUT2D eigenvalue weighted by molar-refractivity contribution is -0.139. The maximum atomic E-state index is 10.8. The first-order chi connectivity index (χ1) is 8.57. The zero-order chi connectivity index (χ0) is 13.0. The third-order valence-electron chi connectivity index (χ3n) is 3.44. The zero-order valence-corrected chi connectivity index (χ0v) is 10.5. The van der Waals surface area contributed by atoms with Crippen molar-refractivity contribution in [1.82, 2.24) is 4.90 Å². The van der Waals surface area contributed by atoms with Crippen molar-refractivity contribution < 1.29 is 9.90 Å². The van der Waals surface area contributed by atoms with Gasteiger partial charge in [-0.25, -0.2) is 0 Å². The monoisotopic (exact) mass is 248 g/mol. The summed E-state index contributed by atoms with van der Waals surface area (Å²) in [7, 11) is 0. The molecule has 0 radical (unpaired) electrons. The lowest BCUT2D eigenvalue weighted by atomic mass is 9.87. The van der Waals surface area contributed by atoms with Crippen molar-refractivity contribution >= 4 is 5.97 Å². The topological polar surface area (TPSA) is 66.6 Å². The lowest BCUT2D eigenvalue weighted by Gasteiger charge is -2.39. The van der Waals surface area contributed by atoms with Gasteiger partial charge in [-0.2, -0.15) is 0 Å². The van der Waals surface area contributed by atoms with Gasteiger partial charge in [0.1, 0.15) is 0 Å². The fourth-order valence-corrected chi connectivity index (χ4v) is 2.68. The fraction of sp³-hybridized carbons (Fsp3) is 0.500. The van der Waals surface area contributed by atoms with Crippen molar-refractivity contribution in [2.45, 2.75) is 31.3 Å². The molecule has 0 amide bonds. The van der Waals surface area contributed by atoms with Gasteiger partial charge in [-0.1, -0.05) is 30.3 Å². The third-order valence-corrected chi connectivity index (χ3v) is 3.44. The van der Waals surface area contributed by atoms with Gasteiger partial charge in [0.2, 0.25) is 0 Å². The summed E-state index contributed by atoms with van der Waals surface area (Å²) in [6.07, 6.45) is 1.82. The van der Waals surface area contributed by atoms with Crippen LogP contribution in [-0.2, 0) is 11.3 Å². The van der Waals surface area contributed by atoms with E-state index in [1.165, 1.54) is 5.56 Å². The summed E-state index contributed by atoms with van der Waals surface area (Å²) in [5.41, 5.74) is 6.86. The summed E-state index contributed by atoms with van der Waals surface area (Å²) < 4.78 is 0. The van der Waals surface area contributed by atoms with Gasteiger partial charge in [-0.05, 0) is 24.9 Å². The minimum absolute atomic E-state index is 0.0539. The highest BCUT2D eigenvalue weighted by atomic mass is 16.4. The summed E-state index contributed by atoms with van der Waals surface area (Å²) in [6, 6.07) is 10.2. The van der Waals surface area contributed by atoms with Gasteiger partial charge in [0.05, 0.1) is 6.42 Å². The Morgan fingerprint density at radius 3 is 2.78 bits per heavy atom. The van der Waals surface area contributed by atoms with E-state index in [-0.39, 0.29) is 6.42 Å². The average molecular weight is 248 g/mol. The van der Waals surface area contributed by atoms with Gasteiger partial charge in [0.15, 0.2) is 0 Å². The molecule has 0 aromatic heterocycles. The van der Waals surface area contributed by atoms with Gasteiger partial charge in [0.25, 0.3) is 0 Å². The number of nitrogens with zero attached hydrogens (tertiary/aromatic N) is 1. The van der Waals surface area contributed by atoms with Crippen LogP contribution in [0, 0.1) is 0 Å². The highest BCUT2D eigenvalue weighted by Crippen LogP contribution is 2.23. The van der Waals surface area contributed by atoms with E-state index in [0.717, 1.165) is 25.9 Å². The second kappa shape index (κ2) is 5.50. The van der Waals surface area contributed by atoms with Crippen LogP contribution in [0.3, 0.4) is 0 Å². The minimum Gasteiger partial charge on any atom is -0.481 e. The first kappa shape index (κ1) is 13.1. The number of rotatable bonds is 4. The van der Waals surface area contributed by atoms with Crippen molar-refractivity contribution in [3.05, 3.63) is 35.9 Å². The highest BCUT2D eigenvalue weighted by molar-refractivity contribution is 5.68. The van der Waals surface area contributed by atoms with Crippen LogP contribution >= 0.6 is 0 Å². The molecule has 1 aromatic rings. The van der Waals surface area contributed by atoms with Gasteiger partial charge < -0.3 is 10.8 Å². The summed E-state index contributed by atoms with van der Waals surface area (Å²) in [5.74, 6) is -0.806. The van der Waals surface area contributed by atoms with Gasteiger partial charge in [0, 0.05) is 18.6 Å². The normalized spacial score (nSPS) is 24.9. The van der Waals surface area contributed by atoms with Gasteiger partial charge in [-0.15, -0.1) is 0 Å². The first-order valence-corrected chi connectivity index (χ1v) is 6.34.